The van der Waals surface area contributed by atoms with E-state index in [1.165, 1.54) is 0 Å². The average molecular weight is 258 g/mol. The van der Waals surface area contributed by atoms with E-state index in [2.05, 4.69) is 22.0 Å². The fraction of sp³-hybridized carbons (Fsp3) is 0.455. The average Bonchev–Trinajstić information content (AvgIpc) is 2.14. The number of nitrogens with two attached hydrogens (primary N) is 1. The van der Waals surface area contributed by atoms with Gasteiger partial charge in [0.25, 0.3) is 0 Å². The summed E-state index contributed by atoms with van der Waals surface area (Å²) in [5, 5.41) is 9.90. The number of phenols is 1. The molecule has 0 amide bonds. The molecule has 0 saturated carbocycles. The molecule has 3 N–H and O–H groups in total. The van der Waals surface area contributed by atoms with E-state index in [0.29, 0.717) is 12.3 Å². The van der Waals surface area contributed by atoms with Crippen molar-refractivity contribution >= 4 is 15.9 Å². The Kier molecular flexibility index (Phi) is 3.96. The predicted molar refractivity (Wildman–Crippen MR) is 62.7 cm³/mol. The molecule has 3 heteroatoms. The minimum absolute atomic E-state index is 0.371. The lowest BCUT2D eigenvalue weighted by Gasteiger charge is -2.11. The molecule has 78 valence electrons. The maximum Gasteiger partial charge on any atom is 0.133 e. The van der Waals surface area contributed by atoms with Crippen molar-refractivity contribution in [3.8, 4) is 5.75 Å². The van der Waals surface area contributed by atoms with Crippen LogP contribution in [-0.4, -0.2) is 11.7 Å². The van der Waals surface area contributed by atoms with Gasteiger partial charge in [-0.05, 0) is 65.9 Å². The molecule has 0 aliphatic carbocycles. The van der Waals surface area contributed by atoms with Crippen molar-refractivity contribution in [1.29, 1.82) is 0 Å². The van der Waals surface area contributed by atoms with Crippen LogP contribution in [0.5, 0.6) is 5.75 Å². The molecule has 0 fully saturated rings. The van der Waals surface area contributed by atoms with Crippen molar-refractivity contribution in [2.24, 2.45) is 5.73 Å². The molecule has 0 saturated heterocycles. The highest BCUT2D eigenvalue weighted by Crippen LogP contribution is 2.34. The minimum atomic E-state index is 0.371. The number of phenolic OH excluding ortho intramolecular Hbond substituents is 1. The summed E-state index contributed by atoms with van der Waals surface area (Å²) in [4.78, 5) is 0. The van der Waals surface area contributed by atoms with Gasteiger partial charge in [0.2, 0.25) is 0 Å². The third-order valence-corrected chi connectivity index (χ3v) is 3.38. The molecule has 0 aliphatic heterocycles. The van der Waals surface area contributed by atoms with Crippen molar-refractivity contribution in [3.05, 3.63) is 27.2 Å². The SMILES string of the molecule is Cc1cc(C)c(CCCN)c(O)c1Br. The zero-order valence-electron chi connectivity index (χ0n) is 8.60. The first-order valence-electron chi connectivity index (χ1n) is 4.75. The molecule has 2 nitrogen and oxygen atoms in total. The van der Waals surface area contributed by atoms with Gasteiger partial charge < -0.3 is 10.8 Å². The zero-order chi connectivity index (χ0) is 10.7. The number of hydrogen-bond donors (Lipinski definition) is 2. The highest BCUT2D eigenvalue weighted by Gasteiger charge is 2.10. The Morgan fingerprint density at radius 2 is 2.00 bits per heavy atom. The molecule has 0 radical (unpaired) electrons. The molecular formula is C11H16BrNO. The molecule has 0 aliphatic rings. The number of benzene rings is 1. The van der Waals surface area contributed by atoms with Crippen LogP contribution in [0.3, 0.4) is 0 Å². The normalized spacial score (nSPS) is 10.6. The van der Waals surface area contributed by atoms with E-state index in [1.54, 1.807) is 0 Å². The Bertz CT molecular complexity index is 337. The van der Waals surface area contributed by atoms with Crippen molar-refractivity contribution in [2.75, 3.05) is 6.54 Å². The molecule has 1 aromatic carbocycles. The molecule has 0 spiro atoms. The second-order valence-corrected chi connectivity index (χ2v) is 4.34. The van der Waals surface area contributed by atoms with Crippen molar-refractivity contribution in [3.63, 3.8) is 0 Å². The van der Waals surface area contributed by atoms with E-state index in [1.807, 2.05) is 13.8 Å². The van der Waals surface area contributed by atoms with Gasteiger partial charge in [-0.2, -0.15) is 0 Å². The van der Waals surface area contributed by atoms with Gasteiger partial charge in [-0.1, -0.05) is 6.07 Å². The van der Waals surface area contributed by atoms with Crippen molar-refractivity contribution < 1.29 is 5.11 Å². The Morgan fingerprint density at radius 3 is 2.57 bits per heavy atom. The van der Waals surface area contributed by atoms with E-state index in [-0.39, 0.29) is 0 Å². The number of rotatable bonds is 3. The molecule has 14 heavy (non-hydrogen) atoms. The van der Waals surface area contributed by atoms with Gasteiger partial charge in [0, 0.05) is 0 Å². The lowest BCUT2D eigenvalue weighted by molar-refractivity contribution is 0.462. The number of halogens is 1. The van der Waals surface area contributed by atoms with Gasteiger partial charge in [0.15, 0.2) is 0 Å². The van der Waals surface area contributed by atoms with Gasteiger partial charge in [-0.3, -0.25) is 0 Å². The number of aromatic hydroxyl groups is 1. The minimum Gasteiger partial charge on any atom is -0.506 e. The first kappa shape index (κ1) is 11.5. The van der Waals surface area contributed by atoms with Crippen LogP contribution in [-0.2, 0) is 6.42 Å². The first-order chi connectivity index (χ1) is 6.57. The van der Waals surface area contributed by atoms with Gasteiger partial charge in [-0.25, -0.2) is 0 Å². The van der Waals surface area contributed by atoms with Crippen LogP contribution in [0.15, 0.2) is 10.5 Å². The summed E-state index contributed by atoms with van der Waals surface area (Å²) in [5.41, 5.74) is 8.66. The van der Waals surface area contributed by atoms with Gasteiger partial charge >= 0.3 is 0 Å². The molecule has 0 bridgehead atoms. The predicted octanol–water partition coefficient (Wildman–Crippen LogP) is 2.66. The summed E-state index contributed by atoms with van der Waals surface area (Å²) in [7, 11) is 0. The van der Waals surface area contributed by atoms with Crippen LogP contribution in [0.25, 0.3) is 0 Å². The summed E-state index contributed by atoms with van der Waals surface area (Å²) >= 11 is 3.37. The standard InChI is InChI=1S/C11H16BrNO/c1-7-6-8(2)10(12)11(14)9(7)4-3-5-13/h6,14H,3-5,13H2,1-2H3. The van der Waals surface area contributed by atoms with Crippen molar-refractivity contribution in [1.82, 2.24) is 0 Å². The Labute approximate surface area is 93.3 Å². The zero-order valence-corrected chi connectivity index (χ0v) is 10.2. The van der Waals surface area contributed by atoms with Crippen LogP contribution in [0.2, 0.25) is 0 Å². The van der Waals surface area contributed by atoms with E-state index < -0.39 is 0 Å². The largest absolute Gasteiger partial charge is 0.506 e. The summed E-state index contributed by atoms with van der Waals surface area (Å²) in [5.74, 6) is 0.371. The van der Waals surface area contributed by atoms with Gasteiger partial charge in [-0.15, -0.1) is 0 Å². The lowest BCUT2D eigenvalue weighted by atomic mass is 10.0. The van der Waals surface area contributed by atoms with Crippen LogP contribution in [0, 0.1) is 13.8 Å². The van der Waals surface area contributed by atoms with Crippen LogP contribution in [0.4, 0.5) is 0 Å². The maximum absolute atomic E-state index is 9.90. The third kappa shape index (κ3) is 2.28. The Balaban J connectivity index is 3.09. The highest BCUT2D eigenvalue weighted by molar-refractivity contribution is 9.10. The molecule has 0 atom stereocenters. The first-order valence-corrected chi connectivity index (χ1v) is 5.54. The highest BCUT2D eigenvalue weighted by atomic mass is 79.9. The second kappa shape index (κ2) is 4.80. The van der Waals surface area contributed by atoms with E-state index in [4.69, 9.17) is 5.73 Å². The summed E-state index contributed by atoms with van der Waals surface area (Å²) in [6.45, 7) is 4.65. The van der Waals surface area contributed by atoms with Crippen molar-refractivity contribution in [2.45, 2.75) is 26.7 Å². The Morgan fingerprint density at radius 1 is 1.36 bits per heavy atom. The molecule has 0 heterocycles. The van der Waals surface area contributed by atoms with Crippen LogP contribution < -0.4 is 5.73 Å². The smallest absolute Gasteiger partial charge is 0.133 e. The van der Waals surface area contributed by atoms with E-state index >= 15 is 0 Å². The Hall–Kier alpha value is -0.540. The molecule has 1 rings (SSSR count). The molecule has 1 aromatic rings. The monoisotopic (exact) mass is 257 g/mol. The second-order valence-electron chi connectivity index (χ2n) is 3.54. The van der Waals surface area contributed by atoms with Crippen LogP contribution >= 0.6 is 15.9 Å². The quantitative estimate of drug-likeness (QED) is 0.875. The third-order valence-electron chi connectivity index (χ3n) is 2.38. The fourth-order valence-electron chi connectivity index (χ4n) is 1.58. The molecule has 0 aromatic heterocycles. The van der Waals surface area contributed by atoms with Crippen LogP contribution in [0.1, 0.15) is 23.1 Å². The number of aryl methyl sites for hydroxylation is 2. The summed E-state index contributed by atoms with van der Waals surface area (Å²) in [6, 6.07) is 2.08. The van der Waals surface area contributed by atoms with Gasteiger partial charge in [0.1, 0.15) is 5.75 Å². The van der Waals surface area contributed by atoms with Gasteiger partial charge in [0.05, 0.1) is 4.47 Å². The summed E-state index contributed by atoms with van der Waals surface area (Å²) < 4.78 is 0.801. The molecular weight excluding hydrogens is 242 g/mol. The summed E-state index contributed by atoms with van der Waals surface area (Å²) in [6.07, 6.45) is 1.75. The topological polar surface area (TPSA) is 46.2 Å². The van der Waals surface area contributed by atoms with E-state index in [9.17, 15) is 5.11 Å². The fourth-order valence-corrected chi connectivity index (χ4v) is 1.93. The maximum atomic E-state index is 9.90. The molecule has 0 unspecified atom stereocenters. The van der Waals surface area contributed by atoms with E-state index in [0.717, 1.165) is 34.0 Å². The lowest BCUT2D eigenvalue weighted by Crippen LogP contribution is -2.02. The number of hydrogen-bond acceptors (Lipinski definition) is 2.